The van der Waals surface area contributed by atoms with Crippen LogP contribution in [0.25, 0.3) is 6.08 Å². The summed E-state index contributed by atoms with van der Waals surface area (Å²) < 4.78 is 0. The van der Waals surface area contributed by atoms with Crippen LogP contribution in [0.4, 0.5) is 0 Å². The van der Waals surface area contributed by atoms with E-state index < -0.39 is 0 Å². The van der Waals surface area contributed by atoms with Gasteiger partial charge in [-0.25, -0.2) is 0 Å². The predicted molar refractivity (Wildman–Crippen MR) is 64.6 cm³/mol. The Morgan fingerprint density at radius 2 is 2.12 bits per heavy atom. The quantitative estimate of drug-likeness (QED) is 0.617. The Morgan fingerprint density at radius 3 is 3.06 bits per heavy atom. The first-order chi connectivity index (χ1) is 7.84. The number of fused-ring (bicyclic) bond motifs is 2. The Labute approximate surface area is 95.4 Å². The van der Waals surface area contributed by atoms with Crippen molar-refractivity contribution in [2.75, 3.05) is 0 Å². The molecular weight excluding hydrogens is 196 g/mol. The van der Waals surface area contributed by atoms with E-state index in [1.165, 1.54) is 5.57 Å². The molecule has 2 aliphatic carbocycles. The van der Waals surface area contributed by atoms with Gasteiger partial charge in [0.15, 0.2) is 5.75 Å². The van der Waals surface area contributed by atoms with Crippen LogP contribution in [0.1, 0.15) is 17.5 Å². The van der Waals surface area contributed by atoms with E-state index in [1.807, 2.05) is 12.1 Å². The average Bonchev–Trinajstić information content (AvgIpc) is 2.48. The molecule has 79 valence electrons. The van der Waals surface area contributed by atoms with Gasteiger partial charge in [-0.15, -0.1) is 0 Å². The lowest BCUT2D eigenvalue weighted by molar-refractivity contribution is 0.349. The van der Waals surface area contributed by atoms with Gasteiger partial charge in [0.05, 0.1) is 0 Å². The van der Waals surface area contributed by atoms with E-state index in [0.717, 1.165) is 24.0 Å². The van der Waals surface area contributed by atoms with Crippen LogP contribution in [0, 0.1) is 5.92 Å². The second kappa shape index (κ2) is 3.67. The Kier molecular flexibility index (Phi) is 2.17. The third-order valence-electron chi connectivity index (χ3n) is 3.37. The van der Waals surface area contributed by atoms with Crippen molar-refractivity contribution in [1.29, 1.82) is 0 Å². The van der Waals surface area contributed by atoms with Crippen LogP contribution in [0.3, 0.4) is 0 Å². The number of rotatable bonds is 0. The smallest absolute Gasteiger partial charge is 0.182 e. The van der Waals surface area contributed by atoms with Crippen molar-refractivity contribution >= 4 is 6.08 Å². The van der Waals surface area contributed by atoms with Crippen LogP contribution in [0.15, 0.2) is 48.1 Å². The zero-order valence-electron chi connectivity index (χ0n) is 9.02. The molecule has 0 N–H and O–H groups in total. The molecule has 1 heteroatoms. The van der Waals surface area contributed by atoms with Crippen LogP contribution < -0.4 is 0 Å². The molecule has 3 rings (SSSR count). The fraction of sp³-hybridized carbons (Fsp3) is 0.200. The summed E-state index contributed by atoms with van der Waals surface area (Å²) in [5, 5.41) is 11.8. The van der Waals surface area contributed by atoms with Crippen molar-refractivity contribution in [1.82, 2.24) is 0 Å². The third kappa shape index (κ3) is 1.49. The zero-order valence-corrected chi connectivity index (χ0v) is 9.02. The molecule has 0 saturated carbocycles. The van der Waals surface area contributed by atoms with Gasteiger partial charge < -0.3 is 0 Å². The molecule has 1 aromatic rings. The van der Waals surface area contributed by atoms with Crippen molar-refractivity contribution < 1.29 is 5.11 Å². The van der Waals surface area contributed by atoms with Crippen LogP contribution in [-0.2, 0) is 11.5 Å². The van der Waals surface area contributed by atoms with Crippen LogP contribution >= 0.6 is 0 Å². The molecule has 1 atom stereocenters. The molecule has 0 aromatic heterocycles. The molecule has 0 bridgehead atoms. The van der Waals surface area contributed by atoms with Crippen molar-refractivity contribution in [2.45, 2.75) is 12.8 Å². The van der Waals surface area contributed by atoms with E-state index in [4.69, 9.17) is 0 Å². The van der Waals surface area contributed by atoms with E-state index in [2.05, 4.69) is 30.4 Å². The van der Waals surface area contributed by atoms with Gasteiger partial charge in [0, 0.05) is 11.5 Å². The summed E-state index contributed by atoms with van der Waals surface area (Å²) in [5.41, 5.74) is 3.41. The van der Waals surface area contributed by atoms with E-state index in [0.29, 0.717) is 5.92 Å². The van der Waals surface area contributed by atoms with Gasteiger partial charge in [0.25, 0.3) is 0 Å². The van der Waals surface area contributed by atoms with E-state index >= 15 is 0 Å². The molecule has 0 fully saturated rings. The largest absolute Gasteiger partial charge is 0.290 e. The highest BCUT2D eigenvalue weighted by atomic mass is 16.3. The monoisotopic (exact) mass is 209 g/mol. The maximum absolute atomic E-state index is 11.8. The van der Waals surface area contributed by atoms with Gasteiger partial charge in [-0.1, -0.05) is 42.5 Å². The van der Waals surface area contributed by atoms with Crippen LogP contribution in [0.5, 0.6) is 5.75 Å². The topological polar surface area (TPSA) is 19.9 Å². The van der Waals surface area contributed by atoms with Crippen LogP contribution in [0.2, 0.25) is 0 Å². The summed E-state index contributed by atoms with van der Waals surface area (Å²) in [4.78, 5) is 0. The Balaban J connectivity index is 2.12. The van der Waals surface area contributed by atoms with Gasteiger partial charge in [-0.2, -0.15) is 0 Å². The highest BCUT2D eigenvalue weighted by Gasteiger charge is 2.18. The summed E-state index contributed by atoms with van der Waals surface area (Å²) in [6.45, 7) is 0. The number of hydrogen-bond acceptors (Lipinski definition) is 0. The van der Waals surface area contributed by atoms with Crippen molar-refractivity contribution in [3.63, 3.8) is 0 Å². The predicted octanol–water partition coefficient (Wildman–Crippen LogP) is 3.90. The SMILES string of the molecule is [O]c1cccc2c1CCC1C=CC=CC1=C2. The summed E-state index contributed by atoms with van der Waals surface area (Å²) >= 11 is 0. The Morgan fingerprint density at radius 1 is 1.19 bits per heavy atom. The minimum absolute atomic E-state index is 0.181. The lowest BCUT2D eigenvalue weighted by Crippen LogP contribution is -2.01. The molecule has 0 spiro atoms. The van der Waals surface area contributed by atoms with E-state index in [9.17, 15) is 5.11 Å². The standard InChI is InChI=1S/C15H13O/c16-15-7-3-6-13-10-12-5-2-1-4-11(12)8-9-14(13)15/h1-7,10-11H,8-9H2. The molecule has 16 heavy (non-hydrogen) atoms. The maximum atomic E-state index is 11.8. The fourth-order valence-electron chi connectivity index (χ4n) is 2.48. The first-order valence-electron chi connectivity index (χ1n) is 5.70. The molecule has 0 amide bonds. The van der Waals surface area contributed by atoms with Gasteiger partial charge in [-0.3, -0.25) is 5.11 Å². The first kappa shape index (κ1) is 9.46. The molecule has 2 aliphatic rings. The fourth-order valence-corrected chi connectivity index (χ4v) is 2.48. The van der Waals surface area contributed by atoms with Gasteiger partial charge >= 0.3 is 0 Å². The molecule has 1 unspecified atom stereocenters. The van der Waals surface area contributed by atoms with Gasteiger partial charge in [-0.05, 0) is 30.0 Å². The van der Waals surface area contributed by atoms with Crippen molar-refractivity contribution in [3.05, 3.63) is 59.2 Å². The maximum Gasteiger partial charge on any atom is 0.182 e. The van der Waals surface area contributed by atoms with E-state index in [1.54, 1.807) is 6.07 Å². The minimum Gasteiger partial charge on any atom is -0.290 e. The third-order valence-corrected chi connectivity index (χ3v) is 3.37. The first-order valence-corrected chi connectivity index (χ1v) is 5.70. The van der Waals surface area contributed by atoms with Crippen molar-refractivity contribution in [3.8, 4) is 5.75 Å². The normalized spacial score (nSPS) is 22.0. The van der Waals surface area contributed by atoms with Crippen molar-refractivity contribution in [2.24, 2.45) is 5.92 Å². The highest BCUT2D eigenvalue weighted by molar-refractivity contribution is 5.64. The lowest BCUT2D eigenvalue weighted by atomic mass is 9.91. The van der Waals surface area contributed by atoms with Crippen LogP contribution in [-0.4, -0.2) is 0 Å². The Hall–Kier alpha value is -1.76. The highest BCUT2D eigenvalue weighted by Crippen LogP contribution is 2.34. The molecule has 1 nitrogen and oxygen atoms in total. The number of allylic oxidation sites excluding steroid dienone is 5. The Bertz CT molecular complexity index is 506. The average molecular weight is 209 g/mol. The molecule has 1 radical (unpaired) electrons. The molecule has 0 heterocycles. The van der Waals surface area contributed by atoms with E-state index in [-0.39, 0.29) is 5.75 Å². The summed E-state index contributed by atoms with van der Waals surface area (Å²) in [6, 6.07) is 5.55. The second-order valence-electron chi connectivity index (χ2n) is 4.36. The number of benzene rings is 1. The summed E-state index contributed by atoms with van der Waals surface area (Å²) in [6.07, 6.45) is 12.6. The number of hydrogen-bond donors (Lipinski definition) is 0. The molecular formula is C15H13O. The zero-order chi connectivity index (χ0) is 11.0. The molecule has 0 aliphatic heterocycles. The summed E-state index contributed by atoms with van der Waals surface area (Å²) in [5.74, 6) is 0.665. The van der Waals surface area contributed by atoms with Gasteiger partial charge in [0.2, 0.25) is 0 Å². The minimum atomic E-state index is 0.181. The summed E-state index contributed by atoms with van der Waals surface area (Å²) in [7, 11) is 0. The second-order valence-corrected chi connectivity index (χ2v) is 4.36. The lowest BCUT2D eigenvalue weighted by Gasteiger charge is -2.13. The van der Waals surface area contributed by atoms with Gasteiger partial charge in [0.1, 0.15) is 0 Å². The molecule has 1 aromatic carbocycles. The molecule has 0 saturated heterocycles.